The maximum Gasteiger partial charge on any atom is 0.309 e. The van der Waals surface area contributed by atoms with E-state index in [-0.39, 0.29) is 5.97 Å². The number of carbonyl (C=O) groups excluding carboxylic acids is 1. The minimum Gasteiger partial charge on any atom is -0.469 e. The van der Waals surface area contributed by atoms with Crippen LogP contribution in [0.25, 0.3) is 0 Å². The lowest BCUT2D eigenvalue weighted by molar-refractivity contribution is -0.139. The van der Waals surface area contributed by atoms with Crippen LogP contribution in [0, 0.1) is 5.92 Å². The van der Waals surface area contributed by atoms with Crippen LogP contribution in [-0.2, 0) is 22.5 Å². The summed E-state index contributed by atoms with van der Waals surface area (Å²) in [7, 11) is 3.60. The molecular formula is C16H23NO2. The van der Waals surface area contributed by atoms with Gasteiger partial charge in [0.05, 0.1) is 13.5 Å². The Morgan fingerprint density at radius 1 is 1.32 bits per heavy atom. The van der Waals surface area contributed by atoms with Crippen molar-refractivity contribution in [3.63, 3.8) is 0 Å². The van der Waals surface area contributed by atoms with Gasteiger partial charge in [-0.15, -0.1) is 0 Å². The Morgan fingerprint density at radius 3 is 2.58 bits per heavy atom. The number of ether oxygens (including phenoxy) is 1. The number of esters is 1. The molecule has 104 valence electrons. The van der Waals surface area contributed by atoms with Crippen molar-refractivity contribution >= 4 is 5.97 Å². The van der Waals surface area contributed by atoms with E-state index < -0.39 is 0 Å². The maximum absolute atomic E-state index is 11.4. The first kappa shape index (κ1) is 14.1. The Morgan fingerprint density at radius 2 is 2.00 bits per heavy atom. The lowest BCUT2D eigenvalue weighted by atomic mass is 9.85. The van der Waals surface area contributed by atoms with E-state index in [9.17, 15) is 4.79 Å². The predicted octanol–water partition coefficient (Wildman–Crippen LogP) is 2.63. The van der Waals surface area contributed by atoms with Gasteiger partial charge >= 0.3 is 5.97 Å². The first-order chi connectivity index (χ1) is 9.19. The first-order valence-electron chi connectivity index (χ1n) is 7.01. The molecule has 3 heteroatoms. The molecule has 0 spiro atoms. The standard InChI is InChI=1S/C16H23NO2/c1-17(11-13-6-5-7-13)12-15-9-4-3-8-14(15)10-16(18)19-2/h3-4,8-9,13H,5-7,10-12H2,1-2H3. The van der Waals surface area contributed by atoms with E-state index in [0.29, 0.717) is 6.42 Å². The summed E-state index contributed by atoms with van der Waals surface area (Å²) in [6.07, 6.45) is 4.49. The molecule has 0 saturated heterocycles. The van der Waals surface area contributed by atoms with Crippen molar-refractivity contribution in [3.05, 3.63) is 35.4 Å². The van der Waals surface area contributed by atoms with E-state index in [2.05, 4.69) is 18.0 Å². The van der Waals surface area contributed by atoms with Crippen LogP contribution >= 0.6 is 0 Å². The van der Waals surface area contributed by atoms with Gasteiger partial charge in [0.2, 0.25) is 0 Å². The van der Waals surface area contributed by atoms with E-state index >= 15 is 0 Å². The summed E-state index contributed by atoms with van der Waals surface area (Å²) in [5.74, 6) is 0.701. The van der Waals surface area contributed by atoms with Crippen LogP contribution in [-0.4, -0.2) is 31.6 Å². The van der Waals surface area contributed by atoms with Crippen LogP contribution in [0.3, 0.4) is 0 Å². The molecule has 0 aromatic heterocycles. The molecule has 1 fully saturated rings. The minimum atomic E-state index is -0.172. The van der Waals surface area contributed by atoms with Crippen LogP contribution in [0.1, 0.15) is 30.4 Å². The third kappa shape index (κ3) is 4.06. The molecule has 1 saturated carbocycles. The summed E-state index contributed by atoms with van der Waals surface area (Å²) in [6.45, 7) is 2.07. The van der Waals surface area contributed by atoms with Gasteiger partial charge in [-0.25, -0.2) is 0 Å². The Balaban J connectivity index is 1.95. The molecule has 1 aliphatic carbocycles. The van der Waals surface area contributed by atoms with Gasteiger partial charge in [0, 0.05) is 13.1 Å². The zero-order valence-corrected chi connectivity index (χ0v) is 11.9. The number of benzene rings is 1. The van der Waals surface area contributed by atoms with E-state index in [4.69, 9.17) is 4.74 Å². The number of rotatable bonds is 6. The molecule has 0 radical (unpaired) electrons. The van der Waals surface area contributed by atoms with Gasteiger partial charge in [-0.3, -0.25) is 4.79 Å². The molecule has 1 aliphatic rings. The highest BCUT2D eigenvalue weighted by Crippen LogP contribution is 2.27. The van der Waals surface area contributed by atoms with Crippen LogP contribution in [0.4, 0.5) is 0 Å². The number of hydrogen-bond acceptors (Lipinski definition) is 3. The average Bonchev–Trinajstić information content (AvgIpc) is 2.36. The number of hydrogen-bond donors (Lipinski definition) is 0. The van der Waals surface area contributed by atoms with Gasteiger partial charge in [-0.2, -0.15) is 0 Å². The second kappa shape index (κ2) is 6.71. The fourth-order valence-corrected chi connectivity index (χ4v) is 2.58. The zero-order chi connectivity index (χ0) is 13.7. The molecule has 0 amide bonds. The molecule has 3 nitrogen and oxygen atoms in total. The average molecular weight is 261 g/mol. The third-order valence-electron chi connectivity index (χ3n) is 3.92. The van der Waals surface area contributed by atoms with Crippen molar-refractivity contribution in [2.45, 2.75) is 32.2 Å². The molecule has 2 rings (SSSR count). The van der Waals surface area contributed by atoms with Gasteiger partial charge < -0.3 is 9.64 Å². The molecule has 19 heavy (non-hydrogen) atoms. The summed E-state index contributed by atoms with van der Waals surface area (Å²) in [5, 5.41) is 0. The molecule has 0 bridgehead atoms. The number of carbonyl (C=O) groups is 1. The van der Waals surface area contributed by atoms with Crippen molar-refractivity contribution < 1.29 is 9.53 Å². The summed E-state index contributed by atoms with van der Waals surface area (Å²) < 4.78 is 4.75. The zero-order valence-electron chi connectivity index (χ0n) is 11.9. The second-order valence-electron chi connectivity index (χ2n) is 5.52. The lowest BCUT2D eigenvalue weighted by Gasteiger charge is -2.30. The normalized spacial score (nSPS) is 15.3. The minimum absolute atomic E-state index is 0.172. The van der Waals surface area contributed by atoms with Crippen molar-refractivity contribution in [1.29, 1.82) is 0 Å². The monoisotopic (exact) mass is 261 g/mol. The Labute approximate surface area is 115 Å². The van der Waals surface area contributed by atoms with Crippen molar-refractivity contribution in [3.8, 4) is 0 Å². The Kier molecular flexibility index (Phi) is 4.97. The van der Waals surface area contributed by atoms with Crippen LogP contribution < -0.4 is 0 Å². The van der Waals surface area contributed by atoms with Gasteiger partial charge in [-0.05, 0) is 36.9 Å². The summed E-state index contributed by atoms with van der Waals surface area (Å²) in [4.78, 5) is 13.8. The molecule has 0 N–H and O–H groups in total. The van der Waals surface area contributed by atoms with Gasteiger partial charge in [0.1, 0.15) is 0 Å². The highest BCUT2D eigenvalue weighted by molar-refractivity contribution is 5.72. The quantitative estimate of drug-likeness (QED) is 0.737. The van der Waals surface area contributed by atoms with Crippen LogP contribution in [0.2, 0.25) is 0 Å². The molecular weight excluding hydrogens is 238 g/mol. The summed E-state index contributed by atoms with van der Waals surface area (Å²) in [6, 6.07) is 8.14. The fraction of sp³-hybridized carbons (Fsp3) is 0.562. The summed E-state index contributed by atoms with van der Waals surface area (Å²) in [5.41, 5.74) is 2.31. The summed E-state index contributed by atoms with van der Waals surface area (Å²) >= 11 is 0. The van der Waals surface area contributed by atoms with E-state index in [1.807, 2.05) is 18.2 Å². The van der Waals surface area contributed by atoms with Gasteiger partial charge in [-0.1, -0.05) is 30.7 Å². The molecule has 0 atom stereocenters. The molecule has 1 aromatic rings. The topological polar surface area (TPSA) is 29.5 Å². The Bertz CT molecular complexity index is 427. The largest absolute Gasteiger partial charge is 0.469 e. The first-order valence-corrected chi connectivity index (χ1v) is 7.01. The smallest absolute Gasteiger partial charge is 0.309 e. The molecule has 0 unspecified atom stereocenters. The lowest BCUT2D eigenvalue weighted by Crippen LogP contribution is -2.29. The van der Waals surface area contributed by atoms with Gasteiger partial charge in [0.15, 0.2) is 0 Å². The van der Waals surface area contributed by atoms with Crippen molar-refractivity contribution in [1.82, 2.24) is 4.90 Å². The van der Waals surface area contributed by atoms with Crippen LogP contribution in [0.15, 0.2) is 24.3 Å². The highest BCUT2D eigenvalue weighted by Gasteiger charge is 2.19. The molecule has 1 aromatic carbocycles. The maximum atomic E-state index is 11.4. The van der Waals surface area contributed by atoms with Crippen molar-refractivity contribution in [2.75, 3.05) is 20.7 Å². The van der Waals surface area contributed by atoms with E-state index in [0.717, 1.165) is 24.6 Å². The number of methoxy groups -OCH3 is 1. The Hall–Kier alpha value is -1.35. The highest BCUT2D eigenvalue weighted by atomic mass is 16.5. The third-order valence-corrected chi connectivity index (χ3v) is 3.92. The van der Waals surface area contributed by atoms with E-state index in [1.54, 1.807) is 0 Å². The van der Waals surface area contributed by atoms with Gasteiger partial charge in [0.25, 0.3) is 0 Å². The fourth-order valence-electron chi connectivity index (χ4n) is 2.58. The SMILES string of the molecule is COC(=O)Cc1ccccc1CN(C)CC1CCC1. The van der Waals surface area contributed by atoms with Crippen LogP contribution in [0.5, 0.6) is 0 Å². The predicted molar refractivity (Wildman–Crippen MR) is 75.8 cm³/mol. The second-order valence-corrected chi connectivity index (χ2v) is 5.52. The molecule has 0 heterocycles. The molecule has 0 aliphatic heterocycles. The number of nitrogens with zero attached hydrogens (tertiary/aromatic N) is 1. The van der Waals surface area contributed by atoms with E-state index in [1.165, 1.54) is 31.9 Å². The van der Waals surface area contributed by atoms with Crippen molar-refractivity contribution in [2.24, 2.45) is 5.92 Å².